The Morgan fingerprint density at radius 3 is 2.92 bits per heavy atom. The number of nitrogens with one attached hydrogen (secondary N) is 1. The van der Waals surface area contributed by atoms with E-state index >= 15 is 0 Å². The maximum absolute atomic E-state index is 11.2. The summed E-state index contributed by atoms with van der Waals surface area (Å²) in [6.45, 7) is 4.17. The van der Waals surface area contributed by atoms with E-state index in [0.29, 0.717) is 11.5 Å². The highest BCUT2D eigenvalue weighted by Gasteiger charge is 2.14. The molecule has 0 saturated carbocycles. The zero-order chi connectivity index (χ0) is 9.84. The molecule has 0 aromatic carbocycles. The van der Waals surface area contributed by atoms with E-state index in [1.807, 2.05) is 0 Å². The number of nitrogens with zero attached hydrogens (tertiary/aromatic N) is 1. The van der Waals surface area contributed by atoms with Gasteiger partial charge in [0.2, 0.25) is 0 Å². The fourth-order valence-corrected chi connectivity index (χ4v) is 1.16. The number of carbonyl (C=O) groups is 1. The molecule has 0 spiro atoms. The zero-order valence-corrected chi connectivity index (χ0v) is 8.13. The minimum atomic E-state index is -0.329. The van der Waals surface area contributed by atoms with Crippen molar-refractivity contribution in [2.45, 2.75) is 20.3 Å². The minimum absolute atomic E-state index is 0.329. The van der Waals surface area contributed by atoms with Gasteiger partial charge in [0.05, 0.1) is 13.3 Å². The SMILES string of the molecule is COC(=O)c1cn[nH]c1CC(C)C. The lowest BCUT2D eigenvalue weighted by molar-refractivity contribution is 0.0599. The molecule has 0 saturated heterocycles. The van der Waals surface area contributed by atoms with Gasteiger partial charge in [0.15, 0.2) is 0 Å². The van der Waals surface area contributed by atoms with Gasteiger partial charge < -0.3 is 4.74 Å². The van der Waals surface area contributed by atoms with Crippen LogP contribution in [0.25, 0.3) is 0 Å². The van der Waals surface area contributed by atoms with Crippen LogP contribution in [0, 0.1) is 5.92 Å². The third kappa shape index (κ3) is 2.31. The number of rotatable bonds is 3. The Morgan fingerprint density at radius 2 is 2.38 bits per heavy atom. The highest BCUT2D eigenvalue weighted by atomic mass is 16.5. The van der Waals surface area contributed by atoms with E-state index in [1.165, 1.54) is 13.3 Å². The molecule has 0 aliphatic heterocycles. The predicted octanol–water partition coefficient (Wildman–Crippen LogP) is 1.39. The molecule has 0 aliphatic rings. The molecule has 1 N–H and O–H groups in total. The van der Waals surface area contributed by atoms with Crippen LogP contribution in [0.3, 0.4) is 0 Å². The molecule has 0 radical (unpaired) electrons. The monoisotopic (exact) mass is 182 g/mol. The average molecular weight is 182 g/mol. The number of aromatic nitrogens is 2. The van der Waals surface area contributed by atoms with Gasteiger partial charge in [-0.15, -0.1) is 0 Å². The summed E-state index contributed by atoms with van der Waals surface area (Å²) in [4.78, 5) is 11.2. The van der Waals surface area contributed by atoms with Gasteiger partial charge in [-0.05, 0) is 12.3 Å². The molecule has 0 fully saturated rings. The van der Waals surface area contributed by atoms with Crippen LogP contribution in [0.2, 0.25) is 0 Å². The van der Waals surface area contributed by atoms with Crippen molar-refractivity contribution < 1.29 is 9.53 Å². The van der Waals surface area contributed by atoms with Gasteiger partial charge in [-0.1, -0.05) is 13.8 Å². The number of hydrogen-bond donors (Lipinski definition) is 1. The van der Waals surface area contributed by atoms with Crippen LogP contribution in [0.4, 0.5) is 0 Å². The molecule has 0 amide bonds. The fourth-order valence-electron chi connectivity index (χ4n) is 1.16. The predicted molar refractivity (Wildman–Crippen MR) is 48.5 cm³/mol. The molecule has 4 heteroatoms. The van der Waals surface area contributed by atoms with Gasteiger partial charge in [0.25, 0.3) is 0 Å². The summed E-state index contributed by atoms with van der Waals surface area (Å²) in [6, 6.07) is 0. The van der Waals surface area contributed by atoms with Gasteiger partial charge in [-0.3, -0.25) is 5.10 Å². The number of methoxy groups -OCH3 is 1. The summed E-state index contributed by atoms with van der Waals surface area (Å²) in [5.74, 6) is 0.160. The van der Waals surface area contributed by atoms with Crippen LogP contribution in [0.5, 0.6) is 0 Å². The minimum Gasteiger partial charge on any atom is -0.465 e. The van der Waals surface area contributed by atoms with Gasteiger partial charge in [0.1, 0.15) is 5.56 Å². The Morgan fingerprint density at radius 1 is 1.69 bits per heavy atom. The summed E-state index contributed by atoms with van der Waals surface area (Å²) in [5, 5.41) is 6.62. The lowest BCUT2D eigenvalue weighted by Gasteiger charge is -2.03. The average Bonchev–Trinajstić information content (AvgIpc) is 2.50. The van der Waals surface area contributed by atoms with Crippen LogP contribution in [-0.2, 0) is 11.2 Å². The Bertz CT molecular complexity index is 292. The highest BCUT2D eigenvalue weighted by molar-refractivity contribution is 5.90. The maximum atomic E-state index is 11.2. The molecule has 1 rings (SSSR count). The van der Waals surface area contributed by atoms with E-state index < -0.39 is 0 Å². The zero-order valence-electron chi connectivity index (χ0n) is 8.13. The van der Waals surface area contributed by atoms with Gasteiger partial charge in [-0.25, -0.2) is 4.79 Å². The Kier molecular flexibility index (Phi) is 3.06. The van der Waals surface area contributed by atoms with E-state index in [2.05, 4.69) is 28.8 Å². The van der Waals surface area contributed by atoms with Crippen molar-refractivity contribution in [1.29, 1.82) is 0 Å². The topological polar surface area (TPSA) is 55.0 Å². The molecule has 72 valence electrons. The quantitative estimate of drug-likeness (QED) is 0.719. The highest BCUT2D eigenvalue weighted by Crippen LogP contribution is 2.11. The lowest BCUT2D eigenvalue weighted by Crippen LogP contribution is -2.05. The maximum Gasteiger partial charge on any atom is 0.341 e. The van der Waals surface area contributed by atoms with Crippen molar-refractivity contribution >= 4 is 5.97 Å². The number of esters is 1. The largest absolute Gasteiger partial charge is 0.465 e. The van der Waals surface area contributed by atoms with Crippen molar-refractivity contribution in [2.75, 3.05) is 7.11 Å². The standard InChI is InChI=1S/C9H14N2O2/c1-6(2)4-8-7(5-10-11-8)9(12)13-3/h5-6H,4H2,1-3H3,(H,10,11). The number of aromatic amines is 1. The first-order valence-corrected chi connectivity index (χ1v) is 4.25. The molecule has 13 heavy (non-hydrogen) atoms. The van der Waals surface area contributed by atoms with Crippen molar-refractivity contribution in [3.63, 3.8) is 0 Å². The van der Waals surface area contributed by atoms with E-state index in [9.17, 15) is 4.79 Å². The summed E-state index contributed by atoms with van der Waals surface area (Å²) >= 11 is 0. The summed E-state index contributed by atoms with van der Waals surface area (Å²) in [5.41, 5.74) is 1.39. The van der Waals surface area contributed by atoms with Crippen LogP contribution in [-0.4, -0.2) is 23.3 Å². The number of carbonyl (C=O) groups excluding carboxylic acids is 1. The van der Waals surface area contributed by atoms with Crippen molar-refractivity contribution in [1.82, 2.24) is 10.2 Å². The molecule has 1 aromatic rings. The first-order valence-electron chi connectivity index (χ1n) is 4.25. The molecule has 1 heterocycles. The van der Waals surface area contributed by atoms with E-state index in [0.717, 1.165) is 12.1 Å². The first-order chi connectivity index (χ1) is 6.15. The summed E-state index contributed by atoms with van der Waals surface area (Å²) < 4.78 is 4.62. The smallest absolute Gasteiger partial charge is 0.341 e. The second-order valence-electron chi connectivity index (χ2n) is 3.35. The summed E-state index contributed by atoms with van der Waals surface area (Å²) in [7, 11) is 1.37. The molecule has 0 bridgehead atoms. The Labute approximate surface area is 77.3 Å². The third-order valence-electron chi connectivity index (χ3n) is 1.74. The third-order valence-corrected chi connectivity index (χ3v) is 1.74. The normalized spacial score (nSPS) is 10.5. The van der Waals surface area contributed by atoms with Crippen molar-refractivity contribution in [3.8, 4) is 0 Å². The lowest BCUT2D eigenvalue weighted by atomic mass is 10.1. The van der Waals surface area contributed by atoms with Crippen LogP contribution >= 0.6 is 0 Å². The first kappa shape index (κ1) is 9.77. The molecule has 1 aromatic heterocycles. The van der Waals surface area contributed by atoms with E-state index in [4.69, 9.17) is 0 Å². The number of ether oxygens (including phenoxy) is 1. The fraction of sp³-hybridized carbons (Fsp3) is 0.556. The van der Waals surface area contributed by atoms with Crippen LogP contribution in [0.15, 0.2) is 6.20 Å². The van der Waals surface area contributed by atoms with Crippen LogP contribution < -0.4 is 0 Å². The van der Waals surface area contributed by atoms with E-state index in [-0.39, 0.29) is 5.97 Å². The molecular formula is C9H14N2O2. The van der Waals surface area contributed by atoms with E-state index in [1.54, 1.807) is 0 Å². The van der Waals surface area contributed by atoms with Crippen LogP contribution in [0.1, 0.15) is 29.9 Å². The molecule has 4 nitrogen and oxygen atoms in total. The molecule has 0 aliphatic carbocycles. The summed E-state index contributed by atoms with van der Waals surface area (Å²) in [6.07, 6.45) is 2.31. The number of H-pyrrole nitrogens is 1. The molecule has 0 unspecified atom stereocenters. The number of hydrogen-bond acceptors (Lipinski definition) is 3. The van der Waals surface area contributed by atoms with Crippen molar-refractivity contribution in [3.05, 3.63) is 17.5 Å². The molecular weight excluding hydrogens is 168 g/mol. The Balaban J connectivity index is 2.83. The Hall–Kier alpha value is -1.32. The van der Waals surface area contributed by atoms with Gasteiger partial charge in [-0.2, -0.15) is 5.10 Å². The molecule has 0 atom stereocenters. The van der Waals surface area contributed by atoms with Crippen molar-refractivity contribution in [2.24, 2.45) is 5.92 Å². The second kappa shape index (κ2) is 4.07. The second-order valence-corrected chi connectivity index (χ2v) is 3.35. The van der Waals surface area contributed by atoms with Gasteiger partial charge >= 0.3 is 5.97 Å². The van der Waals surface area contributed by atoms with Gasteiger partial charge in [0, 0.05) is 5.69 Å².